The molecule has 0 saturated heterocycles. The molecule has 0 aliphatic carbocycles. The maximum atomic E-state index is 12.3. The van der Waals surface area contributed by atoms with E-state index in [9.17, 15) is 4.79 Å². The van der Waals surface area contributed by atoms with E-state index in [0.717, 1.165) is 13.0 Å². The summed E-state index contributed by atoms with van der Waals surface area (Å²) in [4.78, 5) is 12.3. The smallest absolute Gasteiger partial charge is 0.276 e. The predicted molar refractivity (Wildman–Crippen MR) is 95.9 cm³/mol. The summed E-state index contributed by atoms with van der Waals surface area (Å²) in [6.07, 6.45) is 1.04. The Bertz CT molecular complexity index is 689. The molecule has 2 N–H and O–H groups in total. The van der Waals surface area contributed by atoms with Gasteiger partial charge in [0.05, 0.1) is 12.8 Å². The number of halogens is 1. The van der Waals surface area contributed by atoms with Gasteiger partial charge in [-0.25, -0.2) is 0 Å². The molecule has 6 nitrogen and oxygen atoms in total. The minimum atomic E-state index is -0.378. The normalized spacial score (nSPS) is 10.5. The summed E-state index contributed by atoms with van der Waals surface area (Å²) in [7, 11) is 1.52. The van der Waals surface area contributed by atoms with Gasteiger partial charge in [-0.05, 0) is 42.7 Å². The number of methoxy groups -OCH3 is 1. The van der Waals surface area contributed by atoms with E-state index in [4.69, 9.17) is 16.3 Å². The van der Waals surface area contributed by atoms with Gasteiger partial charge in [0.1, 0.15) is 11.6 Å². The monoisotopic (exact) mass is 348 g/mol. The summed E-state index contributed by atoms with van der Waals surface area (Å²) in [6.45, 7) is 5.13. The first kappa shape index (κ1) is 18.0. The number of carbonyl (C=O) groups is 1. The lowest BCUT2D eigenvalue weighted by molar-refractivity contribution is 0.102. The molecule has 0 bridgehead atoms. The van der Waals surface area contributed by atoms with Crippen molar-refractivity contribution >= 4 is 29.0 Å². The topological polar surface area (TPSA) is 76.1 Å². The molecule has 2 aromatic rings. The number of hydrogen-bond donors (Lipinski definition) is 2. The van der Waals surface area contributed by atoms with Crippen LogP contribution in [-0.2, 0) is 0 Å². The number of anilines is 2. The van der Waals surface area contributed by atoms with Crippen molar-refractivity contribution in [3.8, 4) is 5.75 Å². The quantitative estimate of drug-likeness (QED) is 0.794. The zero-order valence-corrected chi connectivity index (χ0v) is 14.7. The molecule has 0 unspecified atom stereocenters. The zero-order chi connectivity index (χ0) is 17.5. The number of amides is 1. The summed E-state index contributed by atoms with van der Waals surface area (Å²) in [5.74, 6) is 1.40. The van der Waals surface area contributed by atoms with Crippen molar-refractivity contribution in [2.24, 2.45) is 5.92 Å². The Morgan fingerprint density at radius 3 is 2.67 bits per heavy atom. The third-order valence-corrected chi connectivity index (χ3v) is 3.57. The second-order valence-corrected chi connectivity index (χ2v) is 6.15. The van der Waals surface area contributed by atoms with Crippen LogP contribution in [0.3, 0.4) is 0 Å². The van der Waals surface area contributed by atoms with Crippen LogP contribution in [0.2, 0.25) is 5.02 Å². The van der Waals surface area contributed by atoms with Crippen LogP contribution in [0, 0.1) is 5.92 Å². The van der Waals surface area contributed by atoms with Gasteiger partial charge < -0.3 is 15.4 Å². The van der Waals surface area contributed by atoms with Crippen LogP contribution in [-0.4, -0.2) is 29.8 Å². The number of hydrogen-bond acceptors (Lipinski definition) is 5. The molecule has 1 aromatic carbocycles. The standard InChI is InChI=1S/C17H21ClN4O2/c1-11(2)8-9-19-16-7-5-13(21-22-16)17(23)20-14-10-12(18)4-6-15(14)24-3/h4-7,10-11H,8-9H2,1-3H3,(H,19,22)(H,20,23). The Hall–Kier alpha value is -2.34. The number of nitrogens with zero attached hydrogens (tertiary/aromatic N) is 2. The minimum absolute atomic E-state index is 0.214. The van der Waals surface area contributed by atoms with Gasteiger partial charge in [-0.15, -0.1) is 10.2 Å². The molecule has 0 fully saturated rings. The first-order chi connectivity index (χ1) is 11.5. The van der Waals surface area contributed by atoms with Crippen molar-refractivity contribution in [2.75, 3.05) is 24.3 Å². The van der Waals surface area contributed by atoms with Gasteiger partial charge in [0.15, 0.2) is 5.69 Å². The molecule has 0 aliphatic heterocycles. The summed E-state index contributed by atoms with van der Waals surface area (Å²) in [6, 6.07) is 8.35. The highest BCUT2D eigenvalue weighted by molar-refractivity contribution is 6.31. The van der Waals surface area contributed by atoms with E-state index in [1.54, 1.807) is 30.3 Å². The Morgan fingerprint density at radius 2 is 2.04 bits per heavy atom. The molecule has 24 heavy (non-hydrogen) atoms. The second-order valence-electron chi connectivity index (χ2n) is 5.71. The molecule has 1 amide bonds. The van der Waals surface area contributed by atoms with Gasteiger partial charge in [0.2, 0.25) is 0 Å². The molecule has 0 radical (unpaired) electrons. The molecule has 0 atom stereocenters. The molecule has 1 heterocycles. The molecule has 2 rings (SSSR count). The number of aromatic nitrogens is 2. The Kier molecular flexibility index (Phi) is 6.37. The van der Waals surface area contributed by atoms with Crippen molar-refractivity contribution in [1.82, 2.24) is 10.2 Å². The first-order valence-corrected chi connectivity index (χ1v) is 8.10. The van der Waals surface area contributed by atoms with Crippen LogP contribution in [0.4, 0.5) is 11.5 Å². The van der Waals surface area contributed by atoms with Gasteiger partial charge in [-0.2, -0.15) is 0 Å². The fraction of sp³-hybridized carbons (Fsp3) is 0.353. The van der Waals surface area contributed by atoms with Crippen molar-refractivity contribution in [3.63, 3.8) is 0 Å². The van der Waals surface area contributed by atoms with E-state index in [-0.39, 0.29) is 11.6 Å². The Balaban J connectivity index is 2.01. The molecule has 0 spiro atoms. The molecule has 0 saturated carbocycles. The number of rotatable bonds is 7. The average molecular weight is 349 g/mol. The molecular weight excluding hydrogens is 328 g/mol. The van der Waals surface area contributed by atoms with E-state index < -0.39 is 0 Å². The van der Waals surface area contributed by atoms with E-state index in [1.807, 2.05) is 0 Å². The van der Waals surface area contributed by atoms with Gasteiger partial charge in [-0.3, -0.25) is 4.79 Å². The van der Waals surface area contributed by atoms with Crippen LogP contribution in [0.1, 0.15) is 30.8 Å². The van der Waals surface area contributed by atoms with Gasteiger partial charge >= 0.3 is 0 Å². The summed E-state index contributed by atoms with van der Waals surface area (Å²) in [5, 5.41) is 14.4. The molecule has 7 heteroatoms. The van der Waals surface area contributed by atoms with E-state index in [1.165, 1.54) is 7.11 Å². The third kappa shape index (κ3) is 5.09. The fourth-order valence-corrected chi connectivity index (χ4v) is 2.17. The van der Waals surface area contributed by atoms with E-state index in [0.29, 0.717) is 28.2 Å². The van der Waals surface area contributed by atoms with Crippen LogP contribution in [0.25, 0.3) is 0 Å². The maximum absolute atomic E-state index is 12.3. The summed E-state index contributed by atoms with van der Waals surface area (Å²) >= 11 is 5.95. The lowest BCUT2D eigenvalue weighted by Gasteiger charge is -2.10. The maximum Gasteiger partial charge on any atom is 0.276 e. The number of carbonyl (C=O) groups excluding carboxylic acids is 1. The zero-order valence-electron chi connectivity index (χ0n) is 14.0. The van der Waals surface area contributed by atoms with Gasteiger partial charge in [0, 0.05) is 11.6 Å². The highest BCUT2D eigenvalue weighted by atomic mass is 35.5. The van der Waals surface area contributed by atoms with Gasteiger partial charge in [0.25, 0.3) is 5.91 Å². The number of benzene rings is 1. The van der Waals surface area contributed by atoms with Crippen molar-refractivity contribution in [2.45, 2.75) is 20.3 Å². The Morgan fingerprint density at radius 1 is 1.25 bits per heavy atom. The molecule has 1 aromatic heterocycles. The number of nitrogens with one attached hydrogen (secondary N) is 2. The van der Waals surface area contributed by atoms with Crippen LogP contribution < -0.4 is 15.4 Å². The second kappa shape index (κ2) is 8.49. The van der Waals surface area contributed by atoms with Crippen molar-refractivity contribution in [1.29, 1.82) is 0 Å². The van der Waals surface area contributed by atoms with Crippen LogP contribution in [0.5, 0.6) is 5.75 Å². The van der Waals surface area contributed by atoms with E-state index >= 15 is 0 Å². The highest BCUT2D eigenvalue weighted by Gasteiger charge is 2.12. The van der Waals surface area contributed by atoms with Crippen LogP contribution in [0.15, 0.2) is 30.3 Å². The molecule has 128 valence electrons. The highest BCUT2D eigenvalue weighted by Crippen LogP contribution is 2.27. The predicted octanol–water partition coefficient (Wildman–Crippen LogP) is 3.85. The van der Waals surface area contributed by atoms with Crippen molar-refractivity contribution in [3.05, 3.63) is 41.0 Å². The molecular formula is C17H21ClN4O2. The minimum Gasteiger partial charge on any atom is -0.495 e. The van der Waals surface area contributed by atoms with E-state index in [2.05, 4.69) is 34.7 Å². The molecule has 0 aliphatic rings. The average Bonchev–Trinajstić information content (AvgIpc) is 2.55. The largest absolute Gasteiger partial charge is 0.495 e. The fourth-order valence-electron chi connectivity index (χ4n) is 2.00. The number of ether oxygens (including phenoxy) is 1. The Labute approximate surface area is 146 Å². The first-order valence-electron chi connectivity index (χ1n) is 7.72. The lowest BCUT2D eigenvalue weighted by atomic mass is 10.1. The SMILES string of the molecule is COc1ccc(Cl)cc1NC(=O)c1ccc(NCCC(C)C)nn1. The lowest BCUT2D eigenvalue weighted by Crippen LogP contribution is -2.15. The van der Waals surface area contributed by atoms with Gasteiger partial charge in [-0.1, -0.05) is 25.4 Å². The summed E-state index contributed by atoms with van der Waals surface area (Å²) < 4.78 is 5.20. The third-order valence-electron chi connectivity index (χ3n) is 3.33. The van der Waals surface area contributed by atoms with Crippen LogP contribution >= 0.6 is 11.6 Å². The van der Waals surface area contributed by atoms with Crippen molar-refractivity contribution < 1.29 is 9.53 Å². The summed E-state index contributed by atoms with van der Waals surface area (Å²) in [5.41, 5.74) is 0.697.